The summed E-state index contributed by atoms with van der Waals surface area (Å²) in [5, 5.41) is 4.23. The minimum atomic E-state index is -2.31. The summed E-state index contributed by atoms with van der Waals surface area (Å²) < 4.78 is 65.9. The number of halogens is 5. The molecule has 0 bridgehead atoms. The quantitative estimate of drug-likeness (QED) is 0.393. The second-order valence-corrected chi connectivity index (χ2v) is 5.53. The molecule has 0 heterocycles. The van der Waals surface area contributed by atoms with E-state index < -0.39 is 47.2 Å². The molecule has 0 aliphatic rings. The SMILES string of the molecule is CC(C)NC(=O)C[NH+](C)CC(=O)Nc1c(F)c(F)c(F)c(F)c1F. The van der Waals surface area contributed by atoms with Crippen LogP contribution in [0, 0.1) is 29.1 Å². The van der Waals surface area contributed by atoms with Gasteiger partial charge in [0.05, 0.1) is 7.05 Å². The number of nitrogens with one attached hydrogen (secondary N) is 3. The fourth-order valence-electron chi connectivity index (χ4n) is 1.88. The number of anilines is 1. The molecule has 10 heteroatoms. The van der Waals surface area contributed by atoms with E-state index in [-0.39, 0.29) is 18.5 Å². The lowest BCUT2D eigenvalue weighted by Crippen LogP contribution is -3.11. The second-order valence-electron chi connectivity index (χ2n) is 5.53. The summed E-state index contributed by atoms with van der Waals surface area (Å²) in [7, 11) is 1.46. The predicted octanol–water partition coefficient (Wildman–Crippen LogP) is 0.360. The van der Waals surface area contributed by atoms with Crippen LogP contribution in [0.25, 0.3) is 0 Å². The molecule has 134 valence electrons. The zero-order valence-corrected chi connectivity index (χ0v) is 13.2. The first-order valence-corrected chi connectivity index (χ1v) is 6.96. The van der Waals surface area contributed by atoms with E-state index >= 15 is 0 Å². The van der Waals surface area contributed by atoms with E-state index in [2.05, 4.69) is 5.32 Å². The highest BCUT2D eigenvalue weighted by Crippen LogP contribution is 2.26. The minimum Gasteiger partial charge on any atom is -0.349 e. The number of quaternary nitrogens is 1. The Labute approximate surface area is 134 Å². The maximum Gasteiger partial charge on any atom is 0.279 e. The zero-order valence-electron chi connectivity index (χ0n) is 13.2. The van der Waals surface area contributed by atoms with Gasteiger partial charge in [0.1, 0.15) is 5.69 Å². The Bertz CT molecular complexity index is 623. The van der Waals surface area contributed by atoms with Gasteiger partial charge in [-0.2, -0.15) is 0 Å². The van der Waals surface area contributed by atoms with Crippen molar-refractivity contribution < 1.29 is 36.4 Å². The molecule has 2 amide bonds. The second kappa shape index (κ2) is 8.04. The van der Waals surface area contributed by atoms with Gasteiger partial charge in [-0.3, -0.25) is 9.59 Å². The molecule has 0 radical (unpaired) electrons. The molecule has 0 aliphatic carbocycles. The molecule has 0 aromatic heterocycles. The van der Waals surface area contributed by atoms with Gasteiger partial charge in [0.25, 0.3) is 11.8 Å². The first-order chi connectivity index (χ1) is 11.0. The molecule has 1 atom stereocenters. The molecule has 1 aromatic carbocycles. The van der Waals surface area contributed by atoms with Crippen LogP contribution in [-0.2, 0) is 9.59 Å². The summed E-state index contributed by atoms with van der Waals surface area (Å²) in [5.41, 5.74) is -1.42. The summed E-state index contributed by atoms with van der Waals surface area (Å²) in [6.07, 6.45) is 0. The monoisotopic (exact) mass is 354 g/mol. The lowest BCUT2D eigenvalue weighted by atomic mass is 10.2. The van der Waals surface area contributed by atoms with Crippen molar-refractivity contribution in [1.82, 2.24) is 5.32 Å². The van der Waals surface area contributed by atoms with Crippen molar-refractivity contribution in [2.45, 2.75) is 19.9 Å². The molecular weight excluding hydrogens is 337 g/mol. The number of likely N-dealkylation sites (N-methyl/N-ethyl adjacent to an activating group) is 1. The number of amides is 2. The third kappa shape index (κ3) is 4.88. The summed E-state index contributed by atoms with van der Waals surface area (Å²) in [6, 6.07) is -0.104. The lowest BCUT2D eigenvalue weighted by molar-refractivity contribution is -0.862. The Kier molecular flexibility index (Phi) is 6.64. The van der Waals surface area contributed by atoms with E-state index in [9.17, 15) is 31.5 Å². The standard InChI is InChI=1S/C14H16F5N3O2/c1-6(2)20-7(23)4-22(3)5-8(24)21-14-12(18)10(16)9(15)11(17)13(14)19/h6H,4-5H2,1-3H3,(H,20,23)(H,21,24)/p+1. The van der Waals surface area contributed by atoms with Crippen molar-refractivity contribution in [2.24, 2.45) is 0 Å². The Balaban J connectivity index is 2.77. The Hall–Kier alpha value is -2.23. The normalized spacial score (nSPS) is 12.2. The number of rotatable bonds is 6. The fraction of sp³-hybridized carbons (Fsp3) is 0.429. The van der Waals surface area contributed by atoms with E-state index in [0.29, 0.717) is 4.90 Å². The van der Waals surface area contributed by atoms with E-state index in [4.69, 9.17) is 0 Å². The summed E-state index contributed by atoms with van der Waals surface area (Å²) in [5.74, 6) is -12.2. The summed E-state index contributed by atoms with van der Waals surface area (Å²) in [6.45, 7) is 2.96. The van der Waals surface area contributed by atoms with Crippen molar-refractivity contribution in [3.05, 3.63) is 29.1 Å². The molecule has 5 nitrogen and oxygen atoms in total. The molecule has 0 fully saturated rings. The number of hydrogen-bond acceptors (Lipinski definition) is 2. The third-order valence-electron chi connectivity index (χ3n) is 2.85. The van der Waals surface area contributed by atoms with Crippen LogP contribution >= 0.6 is 0 Å². The van der Waals surface area contributed by atoms with Crippen molar-refractivity contribution in [3.63, 3.8) is 0 Å². The molecule has 3 N–H and O–H groups in total. The van der Waals surface area contributed by atoms with Gasteiger partial charge in [-0.25, -0.2) is 22.0 Å². The van der Waals surface area contributed by atoms with E-state index in [0.717, 1.165) is 0 Å². The van der Waals surface area contributed by atoms with Crippen molar-refractivity contribution in [2.75, 3.05) is 25.5 Å². The van der Waals surface area contributed by atoms with E-state index in [1.54, 1.807) is 19.2 Å². The van der Waals surface area contributed by atoms with Crippen molar-refractivity contribution >= 4 is 17.5 Å². The van der Waals surface area contributed by atoms with Crippen molar-refractivity contribution in [3.8, 4) is 0 Å². The van der Waals surface area contributed by atoms with Crippen LogP contribution in [0.4, 0.5) is 27.6 Å². The average Bonchev–Trinajstić information content (AvgIpc) is 2.46. The molecule has 0 saturated carbocycles. The zero-order chi connectivity index (χ0) is 18.6. The minimum absolute atomic E-state index is 0.104. The molecule has 0 spiro atoms. The fourth-order valence-corrected chi connectivity index (χ4v) is 1.88. The molecule has 1 unspecified atom stereocenters. The highest BCUT2D eigenvalue weighted by atomic mass is 19.2. The Morgan fingerprint density at radius 1 is 0.875 bits per heavy atom. The van der Waals surface area contributed by atoms with Gasteiger partial charge >= 0.3 is 0 Å². The summed E-state index contributed by atoms with van der Waals surface area (Å²) >= 11 is 0. The van der Waals surface area contributed by atoms with Gasteiger partial charge in [-0.1, -0.05) is 0 Å². The molecule has 24 heavy (non-hydrogen) atoms. The molecule has 1 rings (SSSR count). The topological polar surface area (TPSA) is 62.6 Å². The van der Waals surface area contributed by atoms with Crippen LogP contribution in [0.5, 0.6) is 0 Å². The molecule has 0 saturated heterocycles. The third-order valence-corrected chi connectivity index (χ3v) is 2.85. The first-order valence-electron chi connectivity index (χ1n) is 6.96. The highest BCUT2D eigenvalue weighted by Gasteiger charge is 2.27. The molecule has 1 aromatic rings. The number of benzene rings is 1. The maximum atomic E-state index is 13.4. The first kappa shape index (κ1) is 19.8. The number of carbonyl (C=O) groups is 2. The van der Waals surface area contributed by atoms with Crippen LogP contribution in [-0.4, -0.2) is 38.0 Å². The van der Waals surface area contributed by atoms with Gasteiger partial charge in [0.15, 0.2) is 36.4 Å². The van der Waals surface area contributed by atoms with Crippen LogP contribution in [0.15, 0.2) is 0 Å². The van der Waals surface area contributed by atoms with Crippen LogP contribution in [0.3, 0.4) is 0 Å². The number of carbonyl (C=O) groups excluding carboxylic acids is 2. The van der Waals surface area contributed by atoms with E-state index in [1.165, 1.54) is 7.05 Å². The largest absolute Gasteiger partial charge is 0.349 e. The Morgan fingerprint density at radius 3 is 1.75 bits per heavy atom. The van der Waals surface area contributed by atoms with Crippen molar-refractivity contribution in [1.29, 1.82) is 0 Å². The molecular formula is C14H17F5N3O2+. The van der Waals surface area contributed by atoms with Crippen LogP contribution < -0.4 is 15.5 Å². The predicted molar refractivity (Wildman–Crippen MR) is 74.8 cm³/mol. The van der Waals surface area contributed by atoms with Gasteiger partial charge < -0.3 is 15.5 Å². The van der Waals surface area contributed by atoms with Crippen LogP contribution in [0.2, 0.25) is 0 Å². The molecule has 0 aliphatic heterocycles. The lowest BCUT2D eigenvalue weighted by Gasteiger charge is -2.15. The average molecular weight is 354 g/mol. The van der Waals surface area contributed by atoms with Gasteiger partial charge in [0.2, 0.25) is 5.82 Å². The van der Waals surface area contributed by atoms with Gasteiger partial charge in [-0.15, -0.1) is 0 Å². The van der Waals surface area contributed by atoms with Gasteiger partial charge in [-0.05, 0) is 13.8 Å². The summed E-state index contributed by atoms with van der Waals surface area (Å²) in [4.78, 5) is 23.6. The number of hydrogen-bond donors (Lipinski definition) is 3. The Morgan fingerprint density at radius 2 is 1.29 bits per heavy atom. The van der Waals surface area contributed by atoms with Gasteiger partial charge in [0, 0.05) is 6.04 Å². The maximum absolute atomic E-state index is 13.4. The smallest absolute Gasteiger partial charge is 0.279 e. The van der Waals surface area contributed by atoms with E-state index in [1.807, 2.05) is 0 Å². The highest BCUT2D eigenvalue weighted by molar-refractivity contribution is 5.91. The van der Waals surface area contributed by atoms with Crippen LogP contribution in [0.1, 0.15) is 13.8 Å².